The monoisotopic (exact) mass is 354 g/mol. The van der Waals surface area contributed by atoms with Gasteiger partial charge in [0.25, 0.3) is 0 Å². The van der Waals surface area contributed by atoms with Gasteiger partial charge in [-0.3, -0.25) is 9.58 Å². The Balaban J connectivity index is 1.76. The number of hydrogen-bond acceptors (Lipinski definition) is 6. The van der Waals surface area contributed by atoms with Crippen molar-refractivity contribution < 1.29 is 13.2 Å². The maximum atomic E-state index is 12.4. The molecule has 0 spiro atoms. The molecule has 1 saturated heterocycles. The Morgan fingerprint density at radius 1 is 1.33 bits per heavy atom. The Kier molecular flexibility index (Phi) is 4.72. The van der Waals surface area contributed by atoms with Gasteiger partial charge in [-0.2, -0.15) is 5.10 Å². The molecule has 0 aromatic carbocycles. The maximum absolute atomic E-state index is 12.4. The topological polar surface area (TPSA) is 94.3 Å². The zero-order valence-corrected chi connectivity index (χ0v) is 14.8. The van der Waals surface area contributed by atoms with Gasteiger partial charge < -0.3 is 9.30 Å². The number of aryl methyl sites for hydroxylation is 2. The van der Waals surface area contributed by atoms with Crippen molar-refractivity contribution in [3.8, 4) is 0 Å². The largest absolute Gasteiger partial charge is 0.373 e. The molecule has 132 valence electrons. The molecule has 1 N–H and O–H groups in total. The molecule has 1 aliphatic heterocycles. The highest BCUT2D eigenvalue weighted by molar-refractivity contribution is 7.89. The number of nitrogens with one attached hydrogen (secondary N) is 1. The molecule has 9 nitrogen and oxygen atoms in total. The van der Waals surface area contributed by atoms with E-state index in [0.717, 1.165) is 12.2 Å². The van der Waals surface area contributed by atoms with Crippen LogP contribution in [0.5, 0.6) is 0 Å². The summed E-state index contributed by atoms with van der Waals surface area (Å²) in [4.78, 5) is 6.46. The first-order chi connectivity index (χ1) is 11.4. The number of hydrogen-bond donors (Lipinski definition) is 1. The highest BCUT2D eigenvalue weighted by atomic mass is 32.2. The lowest BCUT2D eigenvalue weighted by Gasteiger charge is -2.39. The van der Waals surface area contributed by atoms with Crippen LogP contribution in [0.15, 0.2) is 29.8 Å². The third-order valence-electron chi connectivity index (χ3n) is 4.23. The Morgan fingerprint density at radius 3 is 2.75 bits per heavy atom. The number of nitrogens with zero attached hydrogens (tertiary/aromatic N) is 5. The zero-order chi connectivity index (χ0) is 17.3. The van der Waals surface area contributed by atoms with E-state index in [0.29, 0.717) is 6.61 Å². The van der Waals surface area contributed by atoms with E-state index >= 15 is 0 Å². The van der Waals surface area contributed by atoms with Crippen LogP contribution < -0.4 is 4.72 Å². The van der Waals surface area contributed by atoms with Crippen molar-refractivity contribution in [2.24, 2.45) is 14.1 Å². The third kappa shape index (κ3) is 3.36. The molecule has 0 amide bonds. The van der Waals surface area contributed by atoms with Crippen molar-refractivity contribution >= 4 is 10.0 Å². The molecule has 2 aromatic heterocycles. The first-order valence-corrected chi connectivity index (χ1v) is 9.13. The fourth-order valence-electron chi connectivity index (χ4n) is 2.91. The third-order valence-corrected chi connectivity index (χ3v) is 5.60. The molecule has 0 unspecified atom stereocenters. The van der Waals surface area contributed by atoms with Gasteiger partial charge in [-0.1, -0.05) is 0 Å². The Labute approximate surface area is 141 Å². The molecular formula is C14H22N6O3S. The number of aromatic nitrogens is 4. The number of likely N-dealkylation sites (N-methyl/N-ethyl adjacent to an activating group) is 1. The predicted octanol–water partition coefficient (Wildman–Crippen LogP) is -0.496. The SMILES string of the molecule is CN1CCO[C@@H](CNS(=O)(=O)c2cnn(C)c2)[C@@H]1c1cncn1C. The van der Waals surface area contributed by atoms with Crippen LogP contribution in [0.4, 0.5) is 0 Å². The minimum atomic E-state index is -3.61. The zero-order valence-electron chi connectivity index (χ0n) is 14.0. The van der Waals surface area contributed by atoms with Crippen LogP contribution in [0.3, 0.4) is 0 Å². The van der Waals surface area contributed by atoms with E-state index in [-0.39, 0.29) is 23.6 Å². The van der Waals surface area contributed by atoms with Crippen LogP contribution >= 0.6 is 0 Å². The van der Waals surface area contributed by atoms with E-state index in [1.54, 1.807) is 19.6 Å². The summed E-state index contributed by atoms with van der Waals surface area (Å²) in [5.74, 6) is 0. The Morgan fingerprint density at radius 2 is 2.12 bits per heavy atom. The molecule has 1 fully saturated rings. The van der Waals surface area contributed by atoms with E-state index in [4.69, 9.17) is 4.74 Å². The van der Waals surface area contributed by atoms with Gasteiger partial charge in [-0.05, 0) is 7.05 Å². The summed E-state index contributed by atoms with van der Waals surface area (Å²) < 4.78 is 36.6. The normalized spacial score (nSPS) is 22.8. The fourth-order valence-corrected chi connectivity index (χ4v) is 3.94. The molecule has 0 aliphatic carbocycles. The number of sulfonamides is 1. The lowest BCUT2D eigenvalue weighted by atomic mass is 10.0. The Hall–Kier alpha value is -1.75. The average Bonchev–Trinajstić information content (AvgIpc) is 3.14. The summed E-state index contributed by atoms with van der Waals surface area (Å²) in [5, 5.41) is 3.90. The van der Waals surface area contributed by atoms with E-state index in [2.05, 4.69) is 19.7 Å². The van der Waals surface area contributed by atoms with Crippen LogP contribution in [0.2, 0.25) is 0 Å². The van der Waals surface area contributed by atoms with Gasteiger partial charge >= 0.3 is 0 Å². The fraction of sp³-hybridized carbons (Fsp3) is 0.571. The summed E-state index contributed by atoms with van der Waals surface area (Å²) in [7, 11) is 1.99. The van der Waals surface area contributed by atoms with Crippen molar-refractivity contribution in [2.45, 2.75) is 17.0 Å². The van der Waals surface area contributed by atoms with Gasteiger partial charge in [-0.25, -0.2) is 18.1 Å². The molecule has 10 heteroatoms. The summed E-state index contributed by atoms with van der Waals surface area (Å²) in [6.07, 6.45) is 6.02. The molecule has 0 saturated carbocycles. The maximum Gasteiger partial charge on any atom is 0.243 e. The van der Waals surface area contributed by atoms with Crippen LogP contribution in [0.1, 0.15) is 11.7 Å². The van der Waals surface area contributed by atoms with E-state index in [1.807, 2.05) is 18.7 Å². The lowest BCUT2D eigenvalue weighted by molar-refractivity contribution is -0.0614. The molecule has 2 aromatic rings. The quantitative estimate of drug-likeness (QED) is 0.778. The number of ether oxygens (including phenoxy) is 1. The van der Waals surface area contributed by atoms with E-state index < -0.39 is 10.0 Å². The Bertz CT molecular complexity index is 799. The molecule has 0 bridgehead atoms. The lowest BCUT2D eigenvalue weighted by Crippen LogP contribution is -2.48. The van der Waals surface area contributed by atoms with E-state index in [1.165, 1.54) is 17.1 Å². The second-order valence-electron chi connectivity index (χ2n) is 5.97. The van der Waals surface area contributed by atoms with Gasteiger partial charge in [0.05, 0.1) is 37.0 Å². The summed E-state index contributed by atoms with van der Waals surface area (Å²) in [5.41, 5.74) is 0.989. The molecule has 24 heavy (non-hydrogen) atoms. The molecule has 3 heterocycles. The first-order valence-electron chi connectivity index (χ1n) is 7.65. The van der Waals surface area contributed by atoms with Gasteiger partial charge in [-0.15, -0.1) is 0 Å². The molecule has 2 atom stereocenters. The molecule has 1 aliphatic rings. The standard InChI is InChI=1S/C14H22N6O3S/c1-18-4-5-23-13(14(18)12-7-15-10-19(12)2)8-17-24(21,22)11-6-16-20(3)9-11/h6-7,9-10,13-14,17H,4-5,8H2,1-3H3/t13-,14-/m0/s1. The van der Waals surface area contributed by atoms with Gasteiger partial charge in [0.15, 0.2) is 0 Å². The number of rotatable bonds is 5. The van der Waals surface area contributed by atoms with Crippen molar-refractivity contribution in [1.82, 2.24) is 29.0 Å². The van der Waals surface area contributed by atoms with Crippen LogP contribution in [-0.2, 0) is 28.9 Å². The highest BCUT2D eigenvalue weighted by Gasteiger charge is 2.34. The van der Waals surface area contributed by atoms with Crippen LogP contribution in [0, 0.1) is 0 Å². The first kappa shape index (κ1) is 17.1. The summed E-state index contributed by atoms with van der Waals surface area (Å²) in [6.45, 7) is 1.52. The second-order valence-corrected chi connectivity index (χ2v) is 7.73. The molecular weight excluding hydrogens is 332 g/mol. The predicted molar refractivity (Wildman–Crippen MR) is 86.7 cm³/mol. The summed E-state index contributed by atoms with van der Waals surface area (Å²) in [6, 6.07) is -0.0668. The van der Waals surface area contributed by atoms with Gasteiger partial charge in [0.2, 0.25) is 10.0 Å². The number of morpholine rings is 1. The van der Waals surface area contributed by atoms with Crippen LogP contribution in [-0.4, -0.2) is 65.5 Å². The van der Waals surface area contributed by atoms with Gasteiger partial charge in [0, 0.05) is 39.6 Å². The van der Waals surface area contributed by atoms with Gasteiger partial charge in [0.1, 0.15) is 4.90 Å². The van der Waals surface area contributed by atoms with Crippen molar-refractivity contribution in [3.05, 3.63) is 30.6 Å². The molecule has 0 radical (unpaired) electrons. The van der Waals surface area contributed by atoms with Crippen molar-refractivity contribution in [2.75, 3.05) is 26.7 Å². The minimum absolute atomic E-state index is 0.0668. The summed E-state index contributed by atoms with van der Waals surface area (Å²) >= 11 is 0. The minimum Gasteiger partial charge on any atom is -0.373 e. The van der Waals surface area contributed by atoms with E-state index in [9.17, 15) is 8.42 Å². The second kappa shape index (κ2) is 6.63. The average molecular weight is 354 g/mol. The smallest absolute Gasteiger partial charge is 0.243 e. The highest BCUT2D eigenvalue weighted by Crippen LogP contribution is 2.27. The van der Waals surface area contributed by atoms with Crippen LogP contribution in [0.25, 0.3) is 0 Å². The molecule has 3 rings (SSSR count). The number of imidazole rings is 1. The van der Waals surface area contributed by atoms with Crippen molar-refractivity contribution in [1.29, 1.82) is 0 Å². The van der Waals surface area contributed by atoms with Crippen molar-refractivity contribution in [3.63, 3.8) is 0 Å².